The van der Waals surface area contributed by atoms with E-state index in [1.807, 2.05) is 38.1 Å². The van der Waals surface area contributed by atoms with Crippen LogP contribution < -0.4 is 15.0 Å². The third-order valence-corrected chi connectivity index (χ3v) is 5.48. The number of carbonyl (C=O) groups excluding carboxylic acids is 3. The van der Waals surface area contributed by atoms with E-state index in [0.29, 0.717) is 39.2 Å². The van der Waals surface area contributed by atoms with Crippen molar-refractivity contribution in [3.8, 4) is 5.75 Å². The van der Waals surface area contributed by atoms with Crippen LogP contribution in [0.1, 0.15) is 27.2 Å². The number of rotatable bonds is 6. The average molecular weight is 388 g/mol. The summed E-state index contributed by atoms with van der Waals surface area (Å²) < 4.78 is 5.70. The maximum atomic E-state index is 12.7. The Morgan fingerprint density at radius 1 is 1.14 bits per heavy atom. The van der Waals surface area contributed by atoms with E-state index in [4.69, 9.17) is 4.74 Å². The molecule has 1 atom stereocenters. The van der Waals surface area contributed by atoms with Gasteiger partial charge < -0.3 is 19.9 Å². The Bertz CT molecular complexity index is 760. The van der Waals surface area contributed by atoms with Gasteiger partial charge in [0.05, 0.1) is 12.3 Å². The Morgan fingerprint density at radius 2 is 1.82 bits per heavy atom. The summed E-state index contributed by atoms with van der Waals surface area (Å²) in [6.07, 6.45) is 0.486. The van der Waals surface area contributed by atoms with E-state index < -0.39 is 11.6 Å². The number of anilines is 1. The second-order valence-electron chi connectivity index (χ2n) is 7.28. The lowest BCUT2D eigenvalue weighted by Gasteiger charge is -2.37. The number of nitrogens with one attached hydrogen (secondary N) is 1. The Balaban J connectivity index is 1.59. The van der Waals surface area contributed by atoms with Gasteiger partial charge in [0.15, 0.2) is 0 Å². The van der Waals surface area contributed by atoms with Crippen LogP contribution in [0, 0.1) is 0 Å². The van der Waals surface area contributed by atoms with Crippen molar-refractivity contribution in [2.75, 3.05) is 44.2 Å². The molecule has 0 aromatic heterocycles. The number of benzene rings is 1. The number of hydrogen-bond donors (Lipinski definition) is 1. The fraction of sp³-hybridized carbons (Fsp3) is 0.550. The monoisotopic (exact) mass is 388 g/mol. The highest BCUT2D eigenvalue weighted by atomic mass is 16.5. The number of urea groups is 1. The van der Waals surface area contributed by atoms with Crippen LogP contribution in [0.15, 0.2) is 24.3 Å². The Labute approximate surface area is 165 Å². The Hall–Kier alpha value is -2.77. The van der Waals surface area contributed by atoms with Gasteiger partial charge in [0.1, 0.15) is 17.8 Å². The molecule has 2 saturated heterocycles. The third kappa shape index (κ3) is 3.76. The van der Waals surface area contributed by atoms with Gasteiger partial charge >= 0.3 is 6.03 Å². The molecule has 0 unspecified atom stereocenters. The van der Waals surface area contributed by atoms with Crippen molar-refractivity contribution in [2.45, 2.75) is 32.7 Å². The highest BCUT2D eigenvalue weighted by Crippen LogP contribution is 2.29. The van der Waals surface area contributed by atoms with Gasteiger partial charge in [-0.2, -0.15) is 0 Å². The van der Waals surface area contributed by atoms with Crippen LogP contribution >= 0.6 is 0 Å². The molecule has 152 valence electrons. The number of amides is 4. The molecule has 0 radical (unpaired) electrons. The summed E-state index contributed by atoms with van der Waals surface area (Å²) in [5.41, 5.74) is 0.100. The van der Waals surface area contributed by atoms with Crippen LogP contribution in [0.25, 0.3) is 0 Å². The summed E-state index contributed by atoms with van der Waals surface area (Å²) >= 11 is 0. The smallest absolute Gasteiger partial charge is 0.325 e. The zero-order valence-corrected chi connectivity index (χ0v) is 16.7. The standard InChI is InChI=1S/C20H28N4O4/c1-4-20(3)18(26)24(19(27)21-20)14-17(25)23-12-10-22(11-13-23)15-8-6-7-9-16(15)28-5-2/h6-9H,4-5,10-14H2,1-3H3,(H,21,27)/t20-/m0/s1. The zero-order chi connectivity index (χ0) is 20.3. The summed E-state index contributed by atoms with van der Waals surface area (Å²) in [4.78, 5) is 42.2. The van der Waals surface area contributed by atoms with Gasteiger partial charge in [-0.25, -0.2) is 4.79 Å². The van der Waals surface area contributed by atoms with E-state index in [2.05, 4.69) is 10.2 Å². The van der Waals surface area contributed by atoms with Crippen LogP contribution in [0.4, 0.5) is 10.5 Å². The van der Waals surface area contributed by atoms with Gasteiger partial charge in [-0.3, -0.25) is 14.5 Å². The lowest BCUT2D eigenvalue weighted by molar-refractivity contribution is -0.139. The van der Waals surface area contributed by atoms with Gasteiger partial charge in [-0.15, -0.1) is 0 Å². The summed E-state index contributed by atoms with van der Waals surface area (Å²) in [6.45, 7) is 8.27. The predicted molar refractivity (Wildman–Crippen MR) is 105 cm³/mol. The minimum absolute atomic E-state index is 0.207. The van der Waals surface area contributed by atoms with E-state index in [1.165, 1.54) is 0 Å². The zero-order valence-electron chi connectivity index (χ0n) is 16.7. The van der Waals surface area contributed by atoms with Crippen molar-refractivity contribution < 1.29 is 19.1 Å². The molecule has 1 N–H and O–H groups in total. The van der Waals surface area contributed by atoms with E-state index in [1.54, 1.807) is 11.8 Å². The molecule has 3 rings (SSSR count). The van der Waals surface area contributed by atoms with Gasteiger partial charge in [0.2, 0.25) is 5.91 Å². The second kappa shape index (κ2) is 8.08. The quantitative estimate of drug-likeness (QED) is 0.746. The number of imide groups is 1. The molecule has 0 saturated carbocycles. The number of ether oxygens (including phenoxy) is 1. The van der Waals surface area contributed by atoms with Gasteiger partial charge in [0.25, 0.3) is 5.91 Å². The molecule has 8 nitrogen and oxygen atoms in total. The topological polar surface area (TPSA) is 82.2 Å². The molecule has 2 aliphatic rings. The lowest BCUT2D eigenvalue weighted by Crippen LogP contribution is -2.52. The van der Waals surface area contributed by atoms with E-state index in [9.17, 15) is 14.4 Å². The molecular formula is C20H28N4O4. The fourth-order valence-corrected chi connectivity index (χ4v) is 3.56. The molecular weight excluding hydrogens is 360 g/mol. The molecule has 28 heavy (non-hydrogen) atoms. The SMILES string of the molecule is CCOc1ccccc1N1CCN(C(=O)CN2C(=O)N[C@@](C)(CC)C2=O)CC1. The van der Waals surface area contributed by atoms with Crippen LogP contribution in [-0.4, -0.2) is 72.5 Å². The van der Waals surface area contributed by atoms with Gasteiger partial charge in [-0.1, -0.05) is 19.1 Å². The first-order valence-electron chi connectivity index (χ1n) is 9.78. The van der Waals surface area contributed by atoms with Crippen LogP contribution in [0.2, 0.25) is 0 Å². The number of piperazine rings is 1. The first-order chi connectivity index (χ1) is 13.4. The fourth-order valence-electron chi connectivity index (χ4n) is 3.56. The van der Waals surface area contributed by atoms with Crippen molar-refractivity contribution >= 4 is 23.5 Å². The van der Waals surface area contributed by atoms with Crippen molar-refractivity contribution in [3.63, 3.8) is 0 Å². The molecule has 8 heteroatoms. The van der Waals surface area contributed by atoms with E-state index >= 15 is 0 Å². The molecule has 1 aromatic carbocycles. The minimum atomic E-state index is -0.918. The normalized spacial score (nSPS) is 22.5. The number of hydrogen-bond acceptors (Lipinski definition) is 5. The number of nitrogens with zero attached hydrogens (tertiary/aromatic N) is 3. The van der Waals surface area contributed by atoms with Crippen molar-refractivity contribution in [3.05, 3.63) is 24.3 Å². The summed E-state index contributed by atoms with van der Waals surface area (Å²) in [6, 6.07) is 7.38. The van der Waals surface area contributed by atoms with Gasteiger partial charge in [0, 0.05) is 26.2 Å². The van der Waals surface area contributed by atoms with Crippen LogP contribution in [0.3, 0.4) is 0 Å². The minimum Gasteiger partial charge on any atom is -0.492 e. The first-order valence-corrected chi connectivity index (χ1v) is 9.78. The van der Waals surface area contributed by atoms with E-state index in [0.717, 1.165) is 16.3 Å². The van der Waals surface area contributed by atoms with E-state index in [-0.39, 0.29) is 18.4 Å². The molecule has 2 heterocycles. The molecule has 0 aliphatic carbocycles. The highest BCUT2D eigenvalue weighted by molar-refractivity contribution is 6.08. The molecule has 2 aliphatic heterocycles. The maximum absolute atomic E-state index is 12.7. The number of para-hydroxylation sites is 2. The molecule has 0 bridgehead atoms. The van der Waals surface area contributed by atoms with Crippen molar-refractivity contribution in [1.29, 1.82) is 0 Å². The molecule has 1 aromatic rings. The van der Waals surface area contributed by atoms with Crippen molar-refractivity contribution in [2.24, 2.45) is 0 Å². The van der Waals surface area contributed by atoms with Gasteiger partial charge in [-0.05, 0) is 32.4 Å². The largest absolute Gasteiger partial charge is 0.492 e. The third-order valence-electron chi connectivity index (χ3n) is 5.48. The molecule has 2 fully saturated rings. The molecule has 0 spiro atoms. The van der Waals surface area contributed by atoms with Crippen LogP contribution in [0.5, 0.6) is 5.75 Å². The summed E-state index contributed by atoms with van der Waals surface area (Å²) in [5, 5.41) is 2.68. The summed E-state index contributed by atoms with van der Waals surface area (Å²) in [5.74, 6) is 0.294. The highest BCUT2D eigenvalue weighted by Gasteiger charge is 2.47. The lowest BCUT2D eigenvalue weighted by atomic mass is 9.99. The average Bonchev–Trinajstić information content (AvgIpc) is 2.92. The Morgan fingerprint density at radius 3 is 2.43 bits per heavy atom. The first kappa shape index (κ1) is 20.0. The number of carbonyl (C=O) groups is 3. The summed E-state index contributed by atoms with van der Waals surface area (Å²) in [7, 11) is 0. The second-order valence-corrected chi connectivity index (χ2v) is 7.28. The molecule has 4 amide bonds. The van der Waals surface area contributed by atoms with Crippen LogP contribution in [-0.2, 0) is 9.59 Å². The van der Waals surface area contributed by atoms with Crippen molar-refractivity contribution in [1.82, 2.24) is 15.1 Å². The predicted octanol–water partition coefficient (Wildman–Crippen LogP) is 1.45. The Kier molecular flexibility index (Phi) is 5.76. The maximum Gasteiger partial charge on any atom is 0.325 e.